The van der Waals surface area contributed by atoms with Gasteiger partial charge in [0.2, 0.25) is 15.9 Å². The first-order valence-corrected chi connectivity index (χ1v) is 9.76. The maximum atomic E-state index is 12.3. The molecule has 2 N–H and O–H groups in total. The largest absolute Gasteiger partial charge is 0.480 e. The van der Waals surface area contributed by atoms with Gasteiger partial charge in [0.1, 0.15) is 6.04 Å². The molecule has 0 spiro atoms. The van der Waals surface area contributed by atoms with Crippen LogP contribution in [0.15, 0.2) is 29.2 Å². The minimum atomic E-state index is -3.87. The second kappa shape index (κ2) is 7.96. The minimum absolute atomic E-state index is 0.0596. The van der Waals surface area contributed by atoms with Crippen molar-refractivity contribution in [3.05, 3.63) is 29.8 Å². The number of hydrogen-bond donors (Lipinski definition) is 2. The summed E-state index contributed by atoms with van der Waals surface area (Å²) in [6.07, 6.45) is 1.37. The topological polar surface area (TPSA) is 121 Å². The van der Waals surface area contributed by atoms with Gasteiger partial charge in [-0.3, -0.25) is 9.59 Å². The highest BCUT2D eigenvalue weighted by atomic mass is 32.2. The first-order chi connectivity index (χ1) is 12.1. The maximum absolute atomic E-state index is 12.3. The lowest BCUT2D eigenvalue weighted by Crippen LogP contribution is -2.45. The molecule has 1 saturated carbocycles. The normalized spacial score (nSPS) is 15.3. The van der Waals surface area contributed by atoms with Gasteiger partial charge < -0.3 is 10.0 Å². The summed E-state index contributed by atoms with van der Waals surface area (Å²) in [6.45, 7) is 2.63. The minimum Gasteiger partial charge on any atom is -0.480 e. The number of carboxylic acid groups (broad SMARTS) is 1. The van der Waals surface area contributed by atoms with Crippen LogP contribution >= 0.6 is 0 Å². The number of ketones is 1. The third-order valence-electron chi connectivity index (χ3n) is 4.18. The molecule has 1 unspecified atom stereocenters. The molecule has 0 bridgehead atoms. The van der Waals surface area contributed by atoms with E-state index in [-0.39, 0.29) is 35.2 Å². The second-order valence-electron chi connectivity index (χ2n) is 6.28. The molecular formula is C17H22N2O6S. The van der Waals surface area contributed by atoms with Crippen molar-refractivity contribution < 1.29 is 27.9 Å². The van der Waals surface area contributed by atoms with Gasteiger partial charge in [-0.1, -0.05) is 12.1 Å². The van der Waals surface area contributed by atoms with E-state index in [1.54, 1.807) is 0 Å². The highest BCUT2D eigenvalue weighted by molar-refractivity contribution is 7.89. The van der Waals surface area contributed by atoms with Gasteiger partial charge in [0.15, 0.2) is 5.78 Å². The number of aliphatic carboxylic acids is 1. The average molecular weight is 382 g/mol. The van der Waals surface area contributed by atoms with Crippen molar-refractivity contribution in [2.24, 2.45) is 0 Å². The van der Waals surface area contributed by atoms with E-state index in [0.717, 1.165) is 12.8 Å². The quantitative estimate of drug-likeness (QED) is 0.615. The monoisotopic (exact) mass is 382 g/mol. The predicted octanol–water partition coefficient (Wildman–Crippen LogP) is 1.02. The highest BCUT2D eigenvalue weighted by Gasteiger charge is 2.38. The molecule has 1 aromatic rings. The molecule has 9 heteroatoms. The smallest absolute Gasteiger partial charge is 0.326 e. The van der Waals surface area contributed by atoms with Crippen LogP contribution in [0.3, 0.4) is 0 Å². The van der Waals surface area contributed by atoms with Gasteiger partial charge >= 0.3 is 5.97 Å². The number of carbonyl (C=O) groups excluding carboxylic acids is 2. The van der Waals surface area contributed by atoms with Crippen LogP contribution < -0.4 is 4.72 Å². The van der Waals surface area contributed by atoms with Crippen molar-refractivity contribution in [3.63, 3.8) is 0 Å². The van der Waals surface area contributed by atoms with E-state index in [4.69, 9.17) is 5.11 Å². The maximum Gasteiger partial charge on any atom is 0.326 e. The van der Waals surface area contributed by atoms with E-state index in [9.17, 15) is 22.8 Å². The number of carbonyl (C=O) groups is 3. The molecule has 1 aliphatic rings. The second-order valence-corrected chi connectivity index (χ2v) is 8.05. The fraction of sp³-hybridized carbons (Fsp3) is 0.471. The summed E-state index contributed by atoms with van der Waals surface area (Å²) < 4.78 is 26.9. The Kier molecular flexibility index (Phi) is 6.14. The summed E-state index contributed by atoms with van der Waals surface area (Å²) in [4.78, 5) is 36.1. The van der Waals surface area contributed by atoms with Gasteiger partial charge in [-0.25, -0.2) is 17.9 Å². The molecule has 0 saturated heterocycles. The Bertz CT molecular complexity index is 816. The molecule has 1 fully saturated rings. The zero-order valence-corrected chi connectivity index (χ0v) is 15.5. The van der Waals surface area contributed by atoms with E-state index in [1.165, 1.54) is 43.0 Å². The number of nitrogens with zero attached hydrogens (tertiary/aromatic N) is 1. The molecule has 1 amide bonds. The van der Waals surface area contributed by atoms with Crippen LogP contribution in [0.25, 0.3) is 0 Å². The summed E-state index contributed by atoms with van der Waals surface area (Å²) in [5.41, 5.74) is 0.277. The van der Waals surface area contributed by atoms with Crippen LogP contribution in [-0.2, 0) is 19.6 Å². The number of Topliss-reactive ketones (excluding diaryl/α,β-unsaturated/α-hetero) is 1. The van der Waals surface area contributed by atoms with E-state index in [1.807, 2.05) is 0 Å². The van der Waals surface area contributed by atoms with E-state index in [0.29, 0.717) is 0 Å². The molecule has 0 aliphatic heterocycles. The Balaban J connectivity index is 1.99. The zero-order valence-electron chi connectivity index (χ0n) is 14.6. The number of nitrogens with one attached hydrogen (secondary N) is 1. The van der Waals surface area contributed by atoms with Gasteiger partial charge in [0.25, 0.3) is 0 Å². The molecule has 8 nitrogen and oxygen atoms in total. The number of sulfonamides is 1. The van der Waals surface area contributed by atoms with Crippen molar-refractivity contribution in [3.8, 4) is 0 Å². The average Bonchev–Trinajstić information content (AvgIpc) is 3.39. The summed E-state index contributed by atoms with van der Waals surface area (Å²) in [7, 11) is -3.87. The van der Waals surface area contributed by atoms with Crippen LogP contribution in [0.1, 0.15) is 43.5 Å². The molecule has 1 aliphatic carbocycles. The van der Waals surface area contributed by atoms with Crippen LogP contribution in [0.4, 0.5) is 0 Å². The Hall–Kier alpha value is -2.26. The van der Waals surface area contributed by atoms with Gasteiger partial charge in [-0.2, -0.15) is 0 Å². The molecule has 142 valence electrons. The first-order valence-electron chi connectivity index (χ1n) is 8.28. The van der Waals surface area contributed by atoms with Crippen LogP contribution in [-0.4, -0.2) is 54.7 Å². The van der Waals surface area contributed by atoms with Crippen LogP contribution in [0.5, 0.6) is 0 Å². The Labute approximate surface area is 152 Å². The molecule has 1 atom stereocenters. The van der Waals surface area contributed by atoms with Gasteiger partial charge in [-0.05, 0) is 38.8 Å². The van der Waals surface area contributed by atoms with Crippen molar-refractivity contribution in [2.75, 3.05) is 6.54 Å². The molecule has 2 rings (SSSR count). The zero-order chi connectivity index (χ0) is 19.5. The van der Waals surface area contributed by atoms with Crippen LogP contribution in [0, 0.1) is 0 Å². The summed E-state index contributed by atoms with van der Waals surface area (Å²) in [6, 6.07) is 4.59. The molecule has 0 radical (unpaired) electrons. The Morgan fingerprint density at radius 1 is 1.31 bits per heavy atom. The number of carboxylic acids is 1. The lowest BCUT2D eigenvalue weighted by Gasteiger charge is -2.26. The molecule has 26 heavy (non-hydrogen) atoms. The van der Waals surface area contributed by atoms with E-state index < -0.39 is 27.9 Å². The van der Waals surface area contributed by atoms with Crippen molar-refractivity contribution in [2.45, 2.75) is 50.1 Å². The van der Waals surface area contributed by atoms with Crippen molar-refractivity contribution >= 4 is 27.7 Å². The van der Waals surface area contributed by atoms with E-state index >= 15 is 0 Å². The molecule has 0 heterocycles. The van der Waals surface area contributed by atoms with Crippen molar-refractivity contribution in [1.82, 2.24) is 9.62 Å². The summed E-state index contributed by atoms with van der Waals surface area (Å²) in [5.74, 6) is -1.74. The van der Waals surface area contributed by atoms with Gasteiger partial charge in [-0.15, -0.1) is 0 Å². The fourth-order valence-corrected chi connectivity index (χ4v) is 3.67. The Morgan fingerprint density at radius 3 is 2.50 bits per heavy atom. The summed E-state index contributed by atoms with van der Waals surface area (Å²) in [5, 5.41) is 9.12. The third kappa shape index (κ3) is 4.89. The molecule has 1 aromatic carbocycles. The third-order valence-corrected chi connectivity index (χ3v) is 5.64. The van der Waals surface area contributed by atoms with Gasteiger partial charge in [0.05, 0.1) is 4.90 Å². The predicted molar refractivity (Wildman–Crippen MR) is 93.2 cm³/mol. The lowest BCUT2D eigenvalue weighted by molar-refractivity contribution is -0.150. The molecule has 0 aromatic heterocycles. The number of benzene rings is 1. The number of hydrogen-bond acceptors (Lipinski definition) is 5. The summed E-state index contributed by atoms with van der Waals surface area (Å²) >= 11 is 0. The van der Waals surface area contributed by atoms with E-state index in [2.05, 4.69) is 4.72 Å². The van der Waals surface area contributed by atoms with Crippen molar-refractivity contribution in [1.29, 1.82) is 0 Å². The van der Waals surface area contributed by atoms with Gasteiger partial charge in [0, 0.05) is 24.6 Å². The number of amides is 1. The van der Waals surface area contributed by atoms with Crippen LogP contribution in [0.2, 0.25) is 0 Å². The SMILES string of the molecule is CC(=O)c1cccc(S(=O)(=O)NCCC(=O)N(C2CC2)C(C)C(=O)O)c1. The number of rotatable bonds is 9. The first kappa shape index (κ1) is 20.1. The molecular weight excluding hydrogens is 360 g/mol. The lowest BCUT2D eigenvalue weighted by atomic mass is 10.2. The Morgan fingerprint density at radius 2 is 1.96 bits per heavy atom. The highest BCUT2D eigenvalue weighted by Crippen LogP contribution is 2.29. The fourth-order valence-electron chi connectivity index (χ4n) is 2.59. The standard InChI is InChI=1S/C17H22N2O6S/c1-11(17(22)23)19(14-6-7-14)16(21)8-9-18-26(24,25)15-5-3-4-13(10-15)12(2)20/h3-5,10-11,14,18H,6-9H2,1-2H3,(H,22,23).